The fourth-order valence-corrected chi connectivity index (χ4v) is 2.32. The maximum Gasteiger partial charge on any atom is 0.150 e. The van der Waals surface area contributed by atoms with Crippen molar-refractivity contribution in [2.24, 2.45) is 0 Å². The van der Waals surface area contributed by atoms with E-state index in [0.29, 0.717) is 10.0 Å². The van der Waals surface area contributed by atoms with Gasteiger partial charge < -0.3 is 0 Å². The number of rotatable bonds is 2. The summed E-state index contributed by atoms with van der Waals surface area (Å²) in [6.45, 7) is 0. The zero-order valence-electron chi connectivity index (χ0n) is 10.2. The van der Waals surface area contributed by atoms with E-state index in [2.05, 4.69) is 5.10 Å². The van der Waals surface area contributed by atoms with Crippen LogP contribution >= 0.6 is 23.2 Å². The summed E-state index contributed by atoms with van der Waals surface area (Å²) in [5.41, 5.74) is 2.06. The quantitative estimate of drug-likeness (QED) is 0.652. The van der Waals surface area contributed by atoms with E-state index in [-0.39, 0.29) is 5.69 Å². The molecule has 2 aromatic carbocycles. The molecule has 0 aliphatic carbocycles. The maximum absolute atomic E-state index is 13.8. The van der Waals surface area contributed by atoms with Crippen molar-refractivity contribution in [2.75, 3.05) is 0 Å². The summed E-state index contributed by atoms with van der Waals surface area (Å²) < 4.78 is 15.3. The first-order valence-electron chi connectivity index (χ1n) is 5.90. The number of hydrogen-bond donors (Lipinski definition) is 0. The highest BCUT2D eigenvalue weighted by atomic mass is 35.5. The standard InChI is InChI=1S/C15H9Cl2FN2/c16-12-6-4-10(5-7-12)11-8-19-20(9-11)15-13(17)2-1-3-14(15)18/h1-9H. The van der Waals surface area contributed by atoms with E-state index < -0.39 is 5.82 Å². The number of nitrogens with zero attached hydrogens (tertiary/aromatic N) is 2. The van der Waals surface area contributed by atoms with Gasteiger partial charge in [0.1, 0.15) is 11.5 Å². The molecule has 0 spiro atoms. The fourth-order valence-electron chi connectivity index (χ4n) is 1.94. The van der Waals surface area contributed by atoms with Crippen molar-refractivity contribution in [2.45, 2.75) is 0 Å². The molecular formula is C15H9Cl2FN2. The predicted octanol–water partition coefficient (Wildman–Crippen LogP) is 4.99. The topological polar surface area (TPSA) is 17.8 Å². The lowest BCUT2D eigenvalue weighted by Gasteiger charge is -2.05. The molecule has 0 amide bonds. The van der Waals surface area contributed by atoms with E-state index >= 15 is 0 Å². The van der Waals surface area contributed by atoms with Crippen LogP contribution in [0.15, 0.2) is 54.9 Å². The third-order valence-electron chi connectivity index (χ3n) is 2.93. The van der Waals surface area contributed by atoms with E-state index in [9.17, 15) is 4.39 Å². The molecule has 20 heavy (non-hydrogen) atoms. The normalized spacial score (nSPS) is 10.8. The number of benzene rings is 2. The van der Waals surface area contributed by atoms with Crippen LogP contribution < -0.4 is 0 Å². The molecule has 2 nitrogen and oxygen atoms in total. The van der Waals surface area contributed by atoms with Crippen LogP contribution in [0.3, 0.4) is 0 Å². The van der Waals surface area contributed by atoms with Crippen LogP contribution in [-0.4, -0.2) is 9.78 Å². The molecule has 0 saturated carbocycles. The SMILES string of the molecule is Fc1cccc(Cl)c1-n1cc(-c2ccc(Cl)cc2)cn1. The van der Waals surface area contributed by atoms with Gasteiger partial charge in [0.15, 0.2) is 0 Å². The Bertz CT molecular complexity index is 731. The highest BCUT2D eigenvalue weighted by Crippen LogP contribution is 2.26. The van der Waals surface area contributed by atoms with Gasteiger partial charge in [-0.25, -0.2) is 9.07 Å². The van der Waals surface area contributed by atoms with E-state index in [1.165, 1.54) is 10.7 Å². The summed E-state index contributed by atoms with van der Waals surface area (Å²) in [7, 11) is 0. The van der Waals surface area contributed by atoms with Crippen LogP contribution in [0.1, 0.15) is 0 Å². The summed E-state index contributed by atoms with van der Waals surface area (Å²) in [5.74, 6) is -0.414. The highest BCUT2D eigenvalue weighted by molar-refractivity contribution is 6.32. The molecule has 0 aliphatic heterocycles. The minimum absolute atomic E-state index is 0.245. The van der Waals surface area contributed by atoms with Crippen LogP contribution in [0.5, 0.6) is 0 Å². The Morgan fingerprint density at radius 1 is 0.950 bits per heavy atom. The van der Waals surface area contributed by atoms with Gasteiger partial charge in [-0.1, -0.05) is 41.4 Å². The first-order valence-corrected chi connectivity index (χ1v) is 6.66. The van der Waals surface area contributed by atoms with Crippen LogP contribution in [0, 0.1) is 5.82 Å². The molecule has 0 saturated heterocycles. The van der Waals surface area contributed by atoms with Gasteiger partial charge >= 0.3 is 0 Å². The van der Waals surface area contributed by atoms with E-state index in [4.69, 9.17) is 23.2 Å². The summed E-state index contributed by atoms with van der Waals surface area (Å²) >= 11 is 11.9. The predicted molar refractivity (Wildman–Crippen MR) is 79.0 cm³/mol. The Labute approximate surface area is 125 Å². The first kappa shape index (κ1) is 13.2. The third kappa shape index (κ3) is 2.42. The van der Waals surface area contributed by atoms with Crippen molar-refractivity contribution in [1.29, 1.82) is 0 Å². The minimum atomic E-state index is -0.414. The monoisotopic (exact) mass is 306 g/mol. The molecule has 0 aliphatic rings. The smallest absolute Gasteiger partial charge is 0.150 e. The Balaban J connectivity index is 2.04. The van der Waals surface area contributed by atoms with Gasteiger partial charge in [-0.3, -0.25) is 0 Å². The zero-order chi connectivity index (χ0) is 14.1. The van der Waals surface area contributed by atoms with Gasteiger partial charge in [0.2, 0.25) is 0 Å². The van der Waals surface area contributed by atoms with Gasteiger partial charge in [-0.15, -0.1) is 0 Å². The molecule has 1 heterocycles. The highest BCUT2D eigenvalue weighted by Gasteiger charge is 2.11. The molecular weight excluding hydrogens is 298 g/mol. The number of hydrogen-bond acceptors (Lipinski definition) is 1. The van der Waals surface area contributed by atoms with Crippen molar-refractivity contribution >= 4 is 23.2 Å². The summed E-state index contributed by atoms with van der Waals surface area (Å²) in [4.78, 5) is 0. The summed E-state index contributed by atoms with van der Waals surface area (Å²) in [6, 6.07) is 11.9. The van der Waals surface area contributed by atoms with Crippen LogP contribution in [0.2, 0.25) is 10.0 Å². The van der Waals surface area contributed by atoms with Crippen molar-refractivity contribution in [3.63, 3.8) is 0 Å². The molecule has 100 valence electrons. The Kier molecular flexibility index (Phi) is 3.47. The molecule has 0 radical (unpaired) electrons. The largest absolute Gasteiger partial charge is 0.236 e. The summed E-state index contributed by atoms with van der Waals surface area (Å²) in [5, 5.41) is 5.15. The van der Waals surface area contributed by atoms with E-state index in [1.54, 1.807) is 36.7 Å². The molecule has 0 atom stereocenters. The second kappa shape index (κ2) is 5.27. The van der Waals surface area contributed by atoms with Gasteiger partial charge in [-0.05, 0) is 29.8 Å². The molecule has 0 N–H and O–H groups in total. The third-order valence-corrected chi connectivity index (χ3v) is 3.48. The molecule has 0 fully saturated rings. The Morgan fingerprint density at radius 2 is 1.70 bits per heavy atom. The van der Waals surface area contributed by atoms with Gasteiger partial charge in [0, 0.05) is 16.8 Å². The number of para-hydroxylation sites is 1. The van der Waals surface area contributed by atoms with Crippen LogP contribution in [-0.2, 0) is 0 Å². The lowest BCUT2D eigenvalue weighted by Crippen LogP contribution is -1.98. The summed E-state index contributed by atoms with van der Waals surface area (Å²) in [6.07, 6.45) is 3.39. The van der Waals surface area contributed by atoms with Crippen LogP contribution in [0.25, 0.3) is 16.8 Å². The molecule has 0 unspecified atom stereocenters. The molecule has 5 heteroatoms. The van der Waals surface area contributed by atoms with Crippen LogP contribution in [0.4, 0.5) is 4.39 Å². The minimum Gasteiger partial charge on any atom is -0.236 e. The number of aromatic nitrogens is 2. The lowest BCUT2D eigenvalue weighted by atomic mass is 10.1. The average Bonchev–Trinajstić information content (AvgIpc) is 2.89. The first-order chi connectivity index (χ1) is 9.65. The molecule has 1 aromatic heterocycles. The van der Waals surface area contributed by atoms with Crippen molar-refractivity contribution < 1.29 is 4.39 Å². The molecule has 3 rings (SSSR count). The Hall–Kier alpha value is -1.84. The molecule has 3 aromatic rings. The molecule has 0 bridgehead atoms. The Morgan fingerprint density at radius 3 is 2.40 bits per heavy atom. The van der Waals surface area contributed by atoms with Gasteiger partial charge in [0.25, 0.3) is 0 Å². The number of halogens is 3. The van der Waals surface area contributed by atoms with Gasteiger partial charge in [0.05, 0.1) is 11.2 Å². The lowest BCUT2D eigenvalue weighted by molar-refractivity contribution is 0.611. The zero-order valence-corrected chi connectivity index (χ0v) is 11.7. The van der Waals surface area contributed by atoms with E-state index in [1.807, 2.05) is 12.1 Å². The average molecular weight is 307 g/mol. The van der Waals surface area contributed by atoms with Crippen molar-refractivity contribution in [1.82, 2.24) is 9.78 Å². The fraction of sp³-hybridized carbons (Fsp3) is 0. The second-order valence-electron chi connectivity index (χ2n) is 4.25. The second-order valence-corrected chi connectivity index (χ2v) is 5.09. The maximum atomic E-state index is 13.8. The van der Waals surface area contributed by atoms with E-state index in [0.717, 1.165) is 11.1 Å². The van der Waals surface area contributed by atoms with Crippen molar-refractivity contribution in [3.8, 4) is 16.8 Å². The van der Waals surface area contributed by atoms with Crippen molar-refractivity contribution in [3.05, 3.63) is 70.7 Å². The van der Waals surface area contributed by atoms with Gasteiger partial charge in [-0.2, -0.15) is 5.10 Å².